The Kier molecular flexibility index (Phi) is 5.16. The largest absolute Gasteiger partial charge is 0.338 e. The van der Waals surface area contributed by atoms with Crippen molar-refractivity contribution in [1.29, 1.82) is 0 Å². The highest BCUT2D eigenvalue weighted by molar-refractivity contribution is 6.34. The molecule has 2 aliphatic heterocycles. The summed E-state index contributed by atoms with van der Waals surface area (Å²) >= 11 is 12.0. The molecule has 1 N–H and O–H groups in total. The van der Waals surface area contributed by atoms with Crippen LogP contribution >= 0.6 is 23.2 Å². The average molecular weight is 456 g/mol. The third-order valence-corrected chi connectivity index (χ3v) is 6.39. The van der Waals surface area contributed by atoms with E-state index in [0.717, 1.165) is 11.1 Å². The average Bonchev–Trinajstić information content (AvgIpc) is 3.44. The molecule has 2 unspecified atom stereocenters. The fourth-order valence-corrected chi connectivity index (χ4v) is 4.98. The number of amides is 2. The number of hydrogen-bond acceptors (Lipinski definition) is 4. The maximum atomic E-state index is 12.9. The summed E-state index contributed by atoms with van der Waals surface area (Å²) in [5, 5.41) is 11.7. The first-order valence-corrected chi connectivity index (χ1v) is 10.7. The SMILES string of the molecule is O=C(C=Cc1cc(Cl)cc(Cl)c1)N1CC2CN(C(=O)c3ccc4n[nH]nc4c3)CC2C1. The summed E-state index contributed by atoms with van der Waals surface area (Å²) < 4.78 is 0. The third kappa shape index (κ3) is 4.03. The van der Waals surface area contributed by atoms with E-state index < -0.39 is 0 Å². The number of benzene rings is 2. The molecule has 31 heavy (non-hydrogen) atoms. The topological polar surface area (TPSA) is 82.2 Å². The van der Waals surface area contributed by atoms with Gasteiger partial charge in [0, 0.05) is 59.7 Å². The summed E-state index contributed by atoms with van der Waals surface area (Å²) in [7, 11) is 0. The number of fused-ring (bicyclic) bond motifs is 2. The minimum Gasteiger partial charge on any atom is -0.338 e. The predicted molar refractivity (Wildman–Crippen MR) is 119 cm³/mol. The summed E-state index contributed by atoms with van der Waals surface area (Å²) in [6, 6.07) is 10.5. The van der Waals surface area contributed by atoms with Gasteiger partial charge >= 0.3 is 0 Å². The van der Waals surface area contributed by atoms with Crippen LogP contribution in [0.1, 0.15) is 15.9 Å². The zero-order valence-corrected chi connectivity index (χ0v) is 18.0. The van der Waals surface area contributed by atoms with E-state index in [1.54, 1.807) is 48.6 Å². The fourth-order valence-electron chi connectivity index (χ4n) is 4.44. The highest BCUT2D eigenvalue weighted by Crippen LogP contribution is 2.32. The smallest absolute Gasteiger partial charge is 0.253 e. The van der Waals surface area contributed by atoms with E-state index in [9.17, 15) is 9.59 Å². The summed E-state index contributed by atoms with van der Waals surface area (Å²) in [4.78, 5) is 29.3. The second kappa shape index (κ2) is 7.98. The van der Waals surface area contributed by atoms with Crippen LogP contribution in [0.15, 0.2) is 42.5 Å². The van der Waals surface area contributed by atoms with Crippen molar-refractivity contribution in [2.45, 2.75) is 0 Å². The summed E-state index contributed by atoms with van der Waals surface area (Å²) in [5.74, 6) is 0.533. The van der Waals surface area contributed by atoms with Gasteiger partial charge < -0.3 is 9.80 Å². The van der Waals surface area contributed by atoms with Gasteiger partial charge in [-0.15, -0.1) is 0 Å². The predicted octanol–water partition coefficient (Wildman–Crippen LogP) is 3.51. The molecule has 2 amide bonds. The van der Waals surface area contributed by atoms with Crippen molar-refractivity contribution >= 4 is 52.1 Å². The molecule has 0 bridgehead atoms. The number of hydrogen-bond donors (Lipinski definition) is 1. The monoisotopic (exact) mass is 455 g/mol. The minimum atomic E-state index is -0.0418. The Balaban J connectivity index is 1.20. The van der Waals surface area contributed by atoms with Gasteiger partial charge in [-0.25, -0.2) is 0 Å². The second-order valence-electron chi connectivity index (χ2n) is 8.04. The highest BCUT2D eigenvalue weighted by atomic mass is 35.5. The molecular weight excluding hydrogens is 437 g/mol. The molecule has 2 aromatic carbocycles. The third-order valence-electron chi connectivity index (χ3n) is 5.95. The Bertz CT molecular complexity index is 1170. The molecule has 2 saturated heterocycles. The molecule has 0 spiro atoms. The van der Waals surface area contributed by atoms with Crippen LogP contribution in [0, 0.1) is 11.8 Å². The van der Waals surface area contributed by atoms with Gasteiger partial charge in [0.05, 0.1) is 0 Å². The van der Waals surface area contributed by atoms with Gasteiger partial charge in [-0.2, -0.15) is 15.4 Å². The van der Waals surface area contributed by atoms with Gasteiger partial charge in [-0.1, -0.05) is 23.2 Å². The van der Waals surface area contributed by atoms with Gasteiger partial charge in [0.25, 0.3) is 5.91 Å². The van der Waals surface area contributed by atoms with Crippen molar-refractivity contribution in [3.8, 4) is 0 Å². The van der Waals surface area contributed by atoms with Gasteiger partial charge in [0.2, 0.25) is 5.91 Å². The van der Waals surface area contributed by atoms with Crippen molar-refractivity contribution in [2.75, 3.05) is 26.2 Å². The molecule has 0 saturated carbocycles. The Morgan fingerprint density at radius 3 is 2.26 bits per heavy atom. The molecule has 9 heteroatoms. The lowest BCUT2D eigenvalue weighted by molar-refractivity contribution is -0.125. The van der Waals surface area contributed by atoms with Crippen molar-refractivity contribution < 1.29 is 9.59 Å². The molecule has 2 atom stereocenters. The van der Waals surface area contributed by atoms with E-state index >= 15 is 0 Å². The molecule has 2 fully saturated rings. The van der Waals surface area contributed by atoms with Crippen LogP contribution in [0.5, 0.6) is 0 Å². The molecule has 7 nitrogen and oxygen atoms in total. The second-order valence-corrected chi connectivity index (χ2v) is 8.91. The zero-order valence-electron chi connectivity index (χ0n) is 16.5. The minimum absolute atomic E-state index is 0.00472. The number of nitrogens with one attached hydrogen (secondary N) is 1. The van der Waals surface area contributed by atoms with E-state index in [1.807, 2.05) is 9.80 Å². The van der Waals surface area contributed by atoms with E-state index in [1.165, 1.54) is 0 Å². The van der Waals surface area contributed by atoms with Crippen LogP contribution in [0.3, 0.4) is 0 Å². The molecular formula is C22H19Cl2N5O2. The van der Waals surface area contributed by atoms with Crippen LogP contribution in [-0.2, 0) is 4.79 Å². The Hall–Kier alpha value is -2.90. The first-order chi connectivity index (χ1) is 15.0. The molecule has 0 aliphatic carbocycles. The zero-order chi connectivity index (χ0) is 21.5. The Morgan fingerprint density at radius 2 is 1.55 bits per heavy atom. The first kappa shape index (κ1) is 20.0. The number of likely N-dealkylation sites (tertiary alicyclic amines) is 2. The number of aromatic amines is 1. The fraction of sp³-hybridized carbons (Fsp3) is 0.273. The summed E-state index contributed by atoms with van der Waals surface area (Å²) in [5.41, 5.74) is 2.80. The summed E-state index contributed by atoms with van der Waals surface area (Å²) in [6.45, 7) is 2.60. The van der Waals surface area contributed by atoms with E-state index in [2.05, 4.69) is 15.4 Å². The quantitative estimate of drug-likeness (QED) is 0.612. The van der Waals surface area contributed by atoms with Gasteiger partial charge in [0.15, 0.2) is 0 Å². The van der Waals surface area contributed by atoms with Crippen molar-refractivity contribution in [3.05, 3.63) is 63.6 Å². The highest BCUT2D eigenvalue weighted by Gasteiger charge is 2.42. The van der Waals surface area contributed by atoms with Crippen LogP contribution in [0.4, 0.5) is 0 Å². The van der Waals surface area contributed by atoms with Crippen molar-refractivity contribution in [1.82, 2.24) is 25.2 Å². The number of rotatable bonds is 3. The van der Waals surface area contributed by atoms with E-state index in [-0.39, 0.29) is 23.7 Å². The lowest BCUT2D eigenvalue weighted by Gasteiger charge is -2.21. The Labute approximate surface area is 188 Å². The molecule has 3 aromatic rings. The van der Waals surface area contributed by atoms with E-state index in [4.69, 9.17) is 23.2 Å². The van der Waals surface area contributed by atoms with Crippen LogP contribution in [0.25, 0.3) is 17.1 Å². The maximum Gasteiger partial charge on any atom is 0.253 e. The molecule has 3 heterocycles. The van der Waals surface area contributed by atoms with Crippen molar-refractivity contribution in [3.63, 3.8) is 0 Å². The molecule has 1 aromatic heterocycles. The molecule has 0 radical (unpaired) electrons. The van der Waals surface area contributed by atoms with Gasteiger partial charge in [0.1, 0.15) is 11.0 Å². The first-order valence-electron chi connectivity index (χ1n) is 9.99. The summed E-state index contributed by atoms with van der Waals surface area (Å²) in [6.07, 6.45) is 3.28. The molecule has 2 aliphatic rings. The van der Waals surface area contributed by atoms with Gasteiger partial charge in [-0.05, 0) is 48.0 Å². The lowest BCUT2D eigenvalue weighted by atomic mass is 10.0. The number of halogens is 2. The maximum absolute atomic E-state index is 12.9. The number of carbonyl (C=O) groups excluding carboxylic acids is 2. The van der Waals surface area contributed by atoms with Crippen LogP contribution < -0.4 is 0 Å². The van der Waals surface area contributed by atoms with Crippen LogP contribution in [-0.4, -0.2) is 63.2 Å². The lowest BCUT2D eigenvalue weighted by Crippen LogP contribution is -2.35. The standard InChI is InChI=1S/C22H19Cl2N5O2/c23-17-5-13(6-18(24)8-17)1-4-21(30)28-9-15-11-29(12-16(15)10-28)22(31)14-2-3-19-20(7-14)26-27-25-19/h1-8,15-16H,9-12H2,(H,25,26,27). The molecule has 5 rings (SSSR count). The van der Waals surface area contributed by atoms with Crippen LogP contribution in [0.2, 0.25) is 10.0 Å². The Morgan fingerprint density at radius 1 is 0.903 bits per heavy atom. The number of H-pyrrole nitrogens is 1. The van der Waals surface area contributed by atoms with Crippen molar-refractivity contribution in [2.24, 2.45) is 11.8 Å². The molecule has 158 valence electrons. The van der Waals surface area contributed by atoms with E-state index in [0.29, 0.717) is 47.3 Å². The number of aromatic nitrogens is 3. The normalized spacial score (nSPS) is 20.7. The number of carbonyl (C=O) groups is 2. The number of nitrogens with zero attached hydrogens (tertiary/aromatic N) is 4. The van der Waals surface area contributed by atoms with Gasteiger partial charge in [-0.3, -0.25) is 9.59 Å².